The second kappa shape index (κ2) is 7.21. The normalized spacial score (nSPS) is 17.4. The second-order valence-electron chi connectivity index (χ2n) is 4.82. The number of aliphatic carboxylic acids is 1. The van der Waals surface area contributed by atoms with Crippen molar-refractivity contribution >= 4 is 29.4 Å². The Morgan fingerprint density at radius 1 is 1.33 bits per heavy atom. The number of amides is 2. The fourth-order valence-corrected chi connectivity index (χ4v) is 3.35. The van der Waals surface area contributed by atoms with E-state index in [4.69, 9.17) is 5.11 Å². The summed E-state index contributed by atoms with van der Waals surface area (Å²) in [6, 6.07) is 5.44. The van der Waals surface area contributed by atoms with Gasteiger partial charge in [-0.05, 0) is 42.9 Å². The molecule has 0 aromatic heterocycles. The molecule has 1 unspecified atom stereocenters. The van der Waals surface area contributed by atoms with Crippen molar-refractivity contribution in [3.63, 3.8) is 0 Å². The maximum Gasteiger partial charge on any atom is 0.323 e. The molecule has 1 aliphatic heterocycles. The zero-order chi connectivity index (χ0) is 15.2. The first-order valence-electron chi connectivity index (χ1n) is 6.74. The molecule has 0 spiro atoms. The highest BCUT2D eigenvalue weighted by Gasteiger charge is 2.21. The van der Waals surface area contributed by atoms with Gasteiger partial charge in [0.05, 0.1) is 0 Å². The predicted octanol–water partition coefficient (Wildman–Crippen LogP) is 1.89. The Labute approximate surface area is 127 Å². The highest BCUT2D eigenvalue weighted by atomic mass is 32.2. The molecule has 2 rings (SSSR count). The van der Waals surface area contributed by atoms with Crippen molar-refractivity contribution in [2.45, 2.75) is 18.1 Å². The summed E-state index contributed by atoms with van der Waals surface area (Å²) in [7, 11) is 0. The minimum Gasteiger partial charge on any atom is -0.508 e. The summed E-state index contributed by atoms with van der Waals surface area (Å²) in [5.74, 6) is 0.0856. The topological polar surface area (TPSA) is 89.9 Å². The van der Waals surface area contributed by atoms with E-state index in [9.17, 15) is 14.7 Å². The van der Waals surface area contributed by atoms with Crippen molar-refractivity contribution in [3.8, 4) is 5.75 Å². The maximum atomic E-state index is 12.2. The summed E-state index contributed by atoms with van der Waals surface area (Å²) in [4.78, 5) is 24.3. The largest absolute Gasteiger partial charge is 0.508 e. The van der Waals surface area contributed by atoms with Crippen molar-refractivity contribution in [2.24, 2.45) is 0 Å². The number of anilines is 1. The van der Waals surface area contributed by atoms with Crippen molar-refractivity contribution in [1.82, 2.24) is 5.32 Å². The molecule has 7 heteroatoms. The summed E-state index contributed by atoms with van der Waals surface area (Å²) in [5, 5.41) is 21.4. The van der Waals surface area contributed by atoms with Crippen molar-refractivity contribution in [3.05, 3.63) is 24.3 Å². The molecule has 1 heterocycles. The molecule has 2 amide bonds. The van der Waals surface area contributed by atoms with Crippen LogP contribution in [-0.4, -0.2) is 46.3 Å². The molecular weight excluding hydrogens is 292 g/mol. The minimum atomic E-state index is -1.09. The number of carboxylic acid groups (broad SMARTS) is 1. The highest BCUT2D eigenvalue weighted by molar-refractivity contribution is 8.00. The van der Waals surface area contributed by atoms with E-state index in [1.165, 1.54) is 24.3 Å². The Kier molecular flexibility index (Phi) is 5.32. The van der Waals surface area contributed by atoms with Gasteiger partial charge < -0.3 is 15.5 Å². The average Bonchev–Trinajstić information content (AvgIpc) is 2.96. The summed E-state index contributed by atoms with van der Waals surface area (Å²) in [5.41, 5.74) is 0.437. The molecule has 1 aromatic carbocycles. The number of hydrogen-bond donors (Lipinski definition) is 3. The van der Waals surface area contributed by atoms with Gasteiger partial charge in [0.1, 0.15) is 12.3 Å². The van der Waals surface area contributed by atoms with E-state index in [0.29, 0.717) is 17.5 Å². The smallest absolute Gasteiger partial charge is 0.323 e. The highest BCUT2D eigenvalue weighted by Crippen LogP contribution is 2.25. The van der Waals surface area contributed by atoms with Crippen LogP contribution in [0, 0.1) is 0 Å². The number of benzene rings is 1. The number of rotatable bonds is 5. The van der Waals surface area contributed by atoms with Gasteiger partial charge in [0.15, 0.2) is 0 Å². The summed E-state index contributed by atoms with van der Waals surface area (Å²) < 4.78 is 0. The van der Waals surface area contributed by atoms with Gasteiger partial charge in [-0.1, -0.05) is 0 Å². The number of phenolic OH excluding ortho intramolecular Hbond substituents is 1. The lowest BCUT2D eigenvalue weighted by atomic mass is 10.2. The zero-order valence-electron chi connectivity index (χ0n) is 11.5. The molecule has 21 heavy (non-hydrogen) atoms. The Hall–Kier alpha value is -1.89. The third kappa shape index (κ3) is 4.56. The maximum absolute atomic E-state index is 12.2. The van der Waals surface area contributed by atoms with E-state index < -0.39 is 18.5 Å². The molecule has 3 N–H and O–H groups in total. The van der Waals surface area contributed by atoms with Crippen molar-refractivity contribution in [1.29, 1.82) is 0 Å². The molecule has 0 radical (unpaired) electrons. The second-order valence-corrected chi connectivity index (χ2v) is 6.23. The molecule has 0 bridgehead atoms. The molecule has 0 aliphatic carbocycles. The quantitative estimate of drug-likeness (QED) is 0.772. The fraction of sp³-hybridized carbons (Fsp3) is 0.429. The first-order chi connectivity index (χ1) is 10.1. The Morgan fingerprint density at radius 2 is 2.05 bits per heavy atom. The molecule has 1 atom stereocenters. The lowest BCUT2D eigenvalue weighted by Gasteiger charge is -2.22. The van der Waals surface area contributed by atoms with Crippen LogP contribution in [0.4, 0.5) is 10.5 Å². The standard InChI is InChI=1S/C14H18N2O4S/c17-11-5-3-10(4-6-11)16(9-13(18)19)14(20)15-8-12-2-1-7-21-12/h3-6,12,17H,1-2,7-9H2,(H,15,20)(H,18,19). The molecule has 1 aliphatic rings. The molecule has 114 valence electrons. The van der Waals surface area contributed by atoms with Crippen LogP contribution < -0.4 is 10.2 Å². The van der Waals surface area contributed by atoms with Crippen LogP contribution in [0.5, 0.6) is 5.75 Å². The Bertz CT molecular complexity index is 500. The van der Waals surface area contributed by atoms with E-state index in [1.807, 2.05) is 11.8 Å². The average molecular weight is 310 g/mol. The van der Waals surface area contributed by atoms with Gasteiger partial charge in [-0.2, -0.15) is 11.8 Å². The number of carboxylic acids is 1. The van der Waals surface area contributed by atoms with Gasteiger partial charge in [-0.15, -0.1) is 0 Å². The third-order valence-electron chi connectivity index (χ3n) is 3.20. The predicted molar refractivity (Wildman–Crippen MR) is 82.0 cm³/mol. The Morgan fingerprint density at radius 3 is 2.62 bits per heavy atom. The van der Waals surface area contributed by atoms with Gasteiger partial charge in [0.2, 0.25) is 0 Å². The van der Waals surface area contributed by atoms with Crippen molar-refractivity contribution in [2.75, 3.05) is 23.7 Å². The fourth-order valence-electron chi connectivity index (χ4n) is 2.15. The third-order valence-corrected chi connectivity index (χ3v) is 4.60. The molecule has 0 saturated carbocycles. The number of phenols is 1. The van der Waals surface area contributed by atoms with Gasteiger partial charge in [0.25, 0.3) is 0 Å². The first kappa shape index (κ1) is 15.5. The van der Waals surface area contributed by atoms with E-state index in [0.717, 1.165) is 23.5 Å². The van der Waals surface area contributed by atoms with Gasteiger partial charge in [0, 0.05) is 17.5 Å². The zero-order valence-corrected chi connectivity index (χ0v) is 12.3. The number of carbonyl (C=O) groups is 2. The summed E-state index contributed by atoms with van der Waals surface area (Å²) >= 11 is 1.83. The summed E-state index contributed by atoms with van der Waals surface area (Å²) in [6.45, 7) is 0.117. The van der Waals surface area contributed by atoms with Crippen LogP contribution in [0.1, 0.15) is 12.8 Å². The van der Waals surface area contributed by atoms with Gasteiger partial charge in [-0.25, -0.2) is 4.79 Å². The van der Waals surface area contributed by atoms with E-state index in [2.05, 4.69) is 5.32 Å². The van der Waals surface area contributed by atoms with Crippen LogP contribution in [0.15, 0.2) is 24.3 Å². The monoisotopic (exact) mass is 310 g/mol. The van der Waals surface area contributed by atoms with Crippen LogP contribution in [-0.2, 0) is 4.79 Å². The number of nitrogens with one attached hydrogen (secondary N) is 1. The van der Waals surface area contributed by atoms with E-state index in [-0.39, 0.29) is 5.75 Å². The minimum absolute atomic E-state index is 0.0665. The number of urea groups is 1. The number of aromatic hydroxyl groups is 1. The van der Waals surface area contributed by atoms with Crippen LogP contribution in [0.2, 0.25) is 0 Å². The summed E-state index contributed by atoms with van der Waals surface area (Å²) in [6.07, 6.45) is 2.23. The molecular formula is C14H18N2O4S. The van der Waals surface area contributed by atoms with Gasteiger partial charge in [-0.3, -0.25) is 9.69 Å². The number of hydrogen-bond acceptors (Lipinski definition) is 4. The number of carbonyl (C=O) groups excluding carboxylic acids is 1. The lowest BCUT2D eigenvalue weighted by molar-refractivity contribution is -0.135. The van der Waals surface area contributed by atoms with Gasteiger partial charge >= 0.3 is 12.0 Å². The SMILES string of the molecule is O=C(O)CN(C(=O)NCC1CCCS1)c1ccc(O)cc1. The number of nitrogens with zero attached hydrogens (tertiary/aromatic N) is 1. The molecule has 1 fully saturated rings. The van der Waals surface area contributed by atoms with Crippen molar-refractivity contribution < 1.29 is 19.8 Å². The Balaban J connectivity index is 2.01. The number of thioether (sulfide) groups is 1. The van der Waals surface area contributed by atoms with Crippen LogP contribution in [0.25, 0.3) is 0 Å². The lowest BCUT2D eigenvalue weighted by Crippen LogP contribution is -2.44. The molecule has 1 aromatic rings. The molecule has 1 saturated heterocycles. The first-order valence-corrected chi connectivity index (χ1v) is 7.79. The van der Waals surface area contributed by atoms with E-state index >= 15 is 0 Å². The molecule has 6 nitrogen and oxygen atoms in total. The van der Waals surface area contributed by atoms with Crippen LogP contribution in [0.3, 0.4) is 0 Å². The van der Waals surface area contributed by atoms with E-state index in [1.54, 1.807) is 0 Å². The van der Waals surface area contributed by atoms with Crippen LogP contribution >= 0.6 is 11.8 Å².